The first-order valence-corrected chi connectivity index (χ1v) is 7.51. The highest BCUT2D eigenvalue weighted by Crippen LogP contribution is 2.16. The number of rotatable bonds is 6. The van der Waals surface area contributed by atoms with Crippen molar-refractivity contribution in [1.82, 2.24) is 15.1 Å². The predicted molar refractivity (Wildman–Crippen MR) is 82.0 cm³/mol. The maximum Gasteiger partial charge on any atom is 0.129 e. The molecule has 5 heteroatoms. The molecule has 0 fully saturated rings. The van der Waals surface area contributed by atoms with Gasteiger partial charge in [-0.2, -0.15) is 5.10 Å². The number of halogens is 2. The Balaban J connectivity index is 1.95. The standard InChI is InChI=1S/C15H19BrFN3/c1-11(2)8-18-9-14-5-6-20(19-14)10-12-3-4-13(16)7-15(12)17/h3-7,11,18H,8-10H2,1-2H3. The van der Waals surface area contributed by atoms with Crippen molar-refractivity contribution in [2.24, 2.45) is 5.92 Å². The molecule has 3 nitrogen and oxygen atoms in total. The maximum absolute atomic E-state index is 13.8. The van der Waals surface area contributed by atoms with Crippen molar-refractivity contribution in [1.29, 1.82) is 0 Å². The van der Waals surface area contributed by atoms with Gasteiger partial charge in [-0.05, 0) is 30.7 Å². The fraction of sp³-hybridized carbons (Fsp3) is 0.400. The minimum Gasteiger partial charge on any atom is -0.311 e. The molecule has 2 rings (SSSR count). The molecule has 0 unspecified atom stereocenters. The Morgan fingerprint density at radius 3 is 2.85 bits per heavy atom. The van der Waals surface area contributed by atoms with E-state index in [0.717, 1.165) is 23.3 Å². The van der Waals surface area contributed by atoms with Crippen molar-refractivity contribution in [3.63, 3.8) is 0 Å². The normalized spacial score (nSPS) is 11.2. The Kier molecular flexibility index (Phi) is 5.31. The third-order valence-electron chi connectivity index (χ3n) is 2.90. The molecule has 0 spiro atoms. The van der Waals surface area contributed by atoms with Crippen LogP contribution in [-0.4, -0.2) is 16.3 Å². The van der Waals surface area contributed by atoms with Gasteiger partial charge in [0, 0.05) is 22.8 Å². The van der Waals surface area contributed by atoms with Crippen LogP contribution in [0.2, 0.25) is 0 Å². The van der Waals surface area contributed by atoms with Gasteiger partial charge in [-0.1, -0.05) is 35.8 Å². The average molecular weight is 340 g/mol. The van der Waals surface area contributed by atoms with Crippen LogP contribution < -0.4 is 5.32 Å². The second kappa shape index (κ2) is 6.99. The largest absolute Gasteiger partial charge is 0.311 e. The Bertz CT molecular complexity index is 566. The number of hydrogen-bond acceptors (Lipinski definition) is 2. The minimum atomic E-state index is -0.214. The zero-order valence-corrected chi connectivity index (χ0v) is 13.3. The first-order valence-electron chi connectivity index (χ1n) is 6.71. The van der Waals surface area contributed by atoms with Crippen LogP contribution in [-0.2, 0) is 13.1 Å². The number of aromatic nitrogens is 2. The van der Waals surface area contributed by atoms with Crippen LogP contribution in [0.5, 0.6) is 0 Å². The molecule has 0 aliphatic carbocycles. The van der Waals surface area contributed by atoms with Crippen molar-refractivity contribution >= 4 is 15.9 Å². The van der Waals surface area contributed by atoms with Crippen molar-refractivity contribution < 1.29 is 4.39 Å². The van der Waals surface area contributed by atoms with Gasteiger partial charge in [-0.15, -0.1) is 0 Å². The van der Waals surface area contributed by atoms with Crippen LogP contribution in [0.4, 0.5) is 4.39 Å². The van der Waals surface area contributed by atoms with Crippen LogP contribution in [0, 0.1) is 11.7 Å². The molecule has 0 saturated heterocycles. The molecule has 0 aliphatic rings. The summed E-state index contributed by atoms with van der Waals surface area (Å²) in [5.74, 6) is 0.406. The molecule has 108 valence electrons. The third-order valence-corrected chi connectivity index (χ3v) is 3.40. The molecule has 0 bridgehead atoms. The Hall–Kier alpha value is -1.20. The van der Waals surface area contributed by atoms with E-state index < -0.39 is 0 Å². The van der Waals surface area contributed by atoms with Crippen LogP contribution >= 0.6 is 15.9 Å². The lowest BCUT2D eigenvalue weighted by molar-refractivity contribution is 0.540. The fourth-order valence-electron chi connectivity index (χ4n) is 1.90. The van der Waals surface area contributed by atoms with E-state index in [0.29, 0.717) is 18.0 Å². The lowest BCUT2D eigenvalue weighted by Crippen LogP contribution is -2.19. The molecule has 1 N–H and O–H groups in total. The summed E-state index contributed by atoms with van der Waals surface area (Å²) in [7, 11) is 0. The van der Waals surface area contributed by atoms with Gasteiger partial charge in [0.2, 0.25) is 0 Å². The van der Waals surface area contributed by atoms with E-state index in [1.807, 2.05) is 18.3 Å². The van der Waals surface area contributed by atoms with Crippen LogP contribution in [0.3, 0.4) is 0 Å². The number of hydrogen-bond donors (Lipinski definition) is 1. The lowest BCUT2D eigenvalue weighted by Gasteiger charge is -2.06. The van der Waals surface area contributed by atoms with Gasteiger partial charge in [-0.25, -0.2) is 4.39 Å². The summed E-state index contributed by atoms with van der Waals surface area (Å²) in [6.45, 7) is 6.50. The van der Waals surface area contributed by atoms with Crippen molar-refractivity contribution in [2.75, 3.05) is 6.54 Å². The molecule has 1 heterocycles. The van der Waals surface area contributed by atoms with Gasteiger partial charge in [0.05, 0.1) is 12.2 Å². The van der Waals surface area contributed by atoms with Crippen molar-refractivity contribution in [3.05, 3.63) is 52.0 Å². The van der Waals surface area contributed by atoms with Gasteiger partial charge in [0.25, 0.3) is 0 Å². The molecule has 1 aromatic heterocycles. The number of nitrogens with zero attached hydrogens (tertiary/aromatic N) is 2. The molecule has 0 radical (unpaired) electrons. The molecule has 2 aromatic rings. The summed E-state index contributed by atoms with van der Waals surface area (Å²) in [5.41, 5.74) is 1.61. The molecule has 1 aromatic carbocycles. The zero-order chi connectivity index (χ0) is 14.5. The van der Waals surface area contributed by atoms with Crippen LogP contribution in [0.25, 0.3) is 0 Å². The Labute approximate surface area is 127 Å². The molecule has 0 saturated carbocycles. The third kappa shape index (κ3) is 4.42. The predicted octanol–water partition coefficient (Wildman–Crippen LogP) is 3.58. The highest BCUT2D eigenvalue weighted by atomic mass is 79.9. The first kappa shape index (κ1) is 15.2. The van der Waals surface area contributed by atoms with Gasteiger partial charge < -0.3 is 5.32 Å². The molecular formula is C15H19BrFN3. The van der Waals surface area contributed by atoms with Crippen LogP contribution in [0.15, 0.2) is 34.9 Å². The SMILES string of the molecule is CC(C)CNCc1ccn(Cc2ccc(Br)cc2F)n1. The molecule has 20 heavy (non-hydrogen) atoms. The molecule has 0 atom stereocenters. The second-order valence-electron chi connectivity index (χ2n) is 5.27. The summed E-state index contributed by atoms with van der Waals surface area (Å²) in [5, 5.41) is 7.78. The molecule has 0 aliphatic heterocycles. The number of nitrogens with one attached hydrogen (secondary N) is 1. The van der Waals surface area contributed by atoms with E-state index in [1.54, 1.807) is 10.7 Å². The summed E-state index contributed by atoms with van der Waals surface area (Å²) in [6, 6.07) is 7.05. The van der Waals surface area contributed by atoms with Crippen molar-refractivity contribution in [2.45, 2.75) is 26.9 Å². The van der Waals surface area contributed by atoms with E-state index in [2.05, 4.69) is 40.2 Å². The topological polar surface area (TPSA) is 29.9 Å². The van der Waals surface area contributed by atoms with E-state index in [4.69, 9.17) is 0 Å². The smallest absolute Gasteiger partial charge is 0.129 e. The fourth-order valence-corrected chi connectivity index (χ4v) is 2.23. The Morgan fingerprint density at radius 1 is 1.35 bits per heavy atom. The average Bonchev–Trinajstić information content (AvgIpc) is 2.80. The van der Waals surface area contributed by atoms with Gasteiger partial charge in [-0.3, -0.25) is 4.68 Å². The van der Waals surface area contributed by atoms with Crippen LogP contribution in [0.1, 0.15) is 25.1 Å². The molecule has 0 amide bonds. The monoisotopic (exact) mass is 339 g/mol. The minimum absolute atomic E-state index is 0.214. The second-order valence-corrected chi connectivity index (χ2v) is 6.18. The maximum atomic E-state index is 13.8. The zero-order valence-electron chi connectivity index (χ0n) is 11.7. The Morgan fingerprint density at radius 2 is 2.15 bits per heavy atom. The summed E-state index contributed by atoms with van der Waals surface area (Å²) in [4.78, 5) is 0. The van der Waals surface area contributed by atoms with E-state index >= 15 is 0 Å². The first-order chi connectivity index (χ1) is 9.54. The highest BCUT2D eigenvalue weighted by Gasteiger charge is 2.05. The van der Waals surface area contributed by atoms with Crippen molar-refractivity contribution in [3.8, 4) is 0 Å². The van der Waals surface area contributed by atoms with Gasteiger partial charge in [0.15, 0.2) is 0 Å². The van der Waals surface area contributed by atoms with E-state index in [-0.39, 0.29) is 5.82 Å². The van der Waals surface area contributed by atoms with Gasteiger partial charge in [0.1, 0.15) is 5.82 Å². The highest BCUT2D eigenvalue weighted by molar-refractivity contribution is 9.10. The lowest BCUT2D eigenvalue weighted by atomic mass is 10.2. The van der Waals surface area contributed by atoms with E-state index in [1.165, 1.54) is 6.07 Å². The van der Waals surface area contributed by atoms with Gasteiger partial charge >= 0.3 is 0 Å². The molecular weight excluding hydrogens is 321 g/mol. The summed E-state index contributed by atoms with van der Waals surface area (Å²) < 4.78 is 16.3. The quantitative estimate of drug-likeness (QED) is 0.871. The summed E-state index contributed by atoms with van der Waals surface area (Å²) >= 11 is 3.26. The number of benzene rings is 1. The van der Waals surface area contributed by atoms with E-state index in [9.17, 15) is 4.39 Å². The summed E-state index contributed by atoms with van der Waals surface area (Å²) in [6.07, 6.45) is 1.88.